The van der Waals surface area contributed by atoms with Crippen LogP contribution in [-0.4, -0.2) is 26.3 Å². The van der Waals surface area contributed by atoms with Crippen molar-refractivity contribution in [3.8, 4) is 28.5 Å². The van der Waals surface area contributed by atoms with Gasteiger partial charge in [-0.25, -0.2) is 0 Å². The van der Waals surface area contributed by atoms with Gasteiger partial charge < -0.3 is 19.2 Å². The molecule has 0 aliphatic heterocycles. The highest BCUT2D eigenvalue weighted by Crippen LogP contribution is 2.40. The average Bonchev–Trinajstić information content (AvgIpc) is 2.90. The topological polar surface area (TPSA) is 43.5 Å². The Balaban J connectivity index is 2.63. The largest absolute Gasteiger partial charge is 0.496 e. The summed E-state index contributed by atoms with van der Waals surface area (Å²) in [6.45, 7) is 0. The van der Waals surface area contributed by atoms with Crippen molar-refractivity contribution in [1.82, 2.24) is 4.98 Å². The van der Waals surface area contributed by atoms with Crippen LogP contribution in [0.15, 0.2) is 30.5 Å². The van der Waals surface area contributed by atoms with Crippen LogP contribution >= 0.6 is 0 Å². The maximum atomic E-state index is 5.37. The Hall–Kier alpha value is -2.10. The third-order valence-electron chi connectivity index (χ3n) is 2.58. The second-order valence-corrected chi connectivity index (χ2v) is 3.49. The molecule has 0 fully saturated rings. The molecule has 0 spiro atoms. The molecule has 0 aliphatic rings. The summed E-state index contributed by atoms with van der Waals surface area (Å²) >= 11 is 0. The van der Waals surface area contributed by atoms with Gasteiger partial charge >= 0.3 is 0 Å². The van der Waals surface area contributed by atoms with Crippen molar-refractivity contribution in [2.75, 3.05) is 21.3 Å². The zero-order valence-electron chi connectivity index (χ0n) is 10.1. The van der Waals surface area contributed by atoms with Crippen molar-refractivity contribution in [2.24, 2.45) is 0 Å². The quantitative estimate of drug-likeness (QED) is 0.883. The molecule has 1 aromatic carbocycles. The Kier molecular flexibility index (Phi) is 3.23. The van der Waals surface area contributed by atoms with Crippen molar-refractivity contribution >= 4 is 0 Å². The molecule has 1 heterocycles. The number of ether oxygens (including phenoxy) is 3. The third kappa shape index (κ3) is 2.06. The number of hydrogen-bond acceptors (Lipinski definition) is 3. The second kappa shape index (κ2) is 4.82. The van der Waals surface area contributed by atoms with Gasteiger partial charge in [0.1, 0.15) is 17.2 Å². The molecular formula is C13H15NO3. The van der Waals surface area contributed by atoms with Gasteiger partial charge in [0, 0.05) is 18.3 Å². The predicted molar refractivity (Wildman–Crippen MR) is 65.9 cm³/mol. The summed E-state index contributed by atoms with van der Waals surface area (Å²) in [5.41, 5.74) is 1.84. The molecule has 2 rings (SSSR count). The molecule has 0 aliphatic carbocycles. The van der Waals surface area contributed by atoms with Crippen LogP contribution in [0.25, 0.3) is 11.3 Å². The summed E-state index contributed by atoms with van der Waals surface area (Å²) in [6.07, 6.45) is 1.86. The molecule has 0 unspecified atom stereocenters. The van der Waals surface area contributed by atoms with Crippen molar-refractivity contribution in [3.63, 3.8) is 0 Å². The van der Waals surface area contributed by atoms with Gasteiger partial charge in [0.15, 0.2) is 0 Å². The van der Waals surface area contributed by atoms with Crippen molar-refractivity contribution in [3.05, 3.63) is 30.5 Å². The first-order chi connectivity index (χ1) is 8.30. The zero-order chi connectivity index (χ0) is 12.3. The van der Waals surface area contributed by atoms with Gasteiger partial charge in [-0.15, -0.1) is 0 Å². The molecule has 1 aromatic heterocycles. The van der Waals surface area contributed by atoms with Gasteiger partial charge in [-0.1, -0.05) is 0 Å². The fourth-order valence-corrected chi connectivity index (χ4v) is 1.76. The smallest absolute Gasteiger partial charge is 0.135 e. The van der Waals surface area contributed by atoms with Crippen molar-refractivity contribution in [1.29, 1.82) is 0 Å². The van der Waals surface area contributed by atoms with Crippen LogP contribution in [0.5, 0.6) is 17.2 Å². The molecule has 0 saturated heterocycles. The minimum atomic E-state index is 0.703. The number of methoxy groups -OCH3 is 3. The molecule has 0 bridgehead atoms. The minimum Gasteiger partial charge on any atom is -0.496 e. The van der Waals surface area contributed by atoms with E-state index >= 15 is 0 Å². The standard InChI is InChI=1S/C13H15NO3/c1-15-9-7-11(16-2)13(12(8-9)17-3)10-5-4-6-14-10/h4-8,14H,1-3H3. The number of aromatic amines is 1. The van der Waals surface area contributed by atoms with Gasteiger partial charge in [-0.05, 0) is 12.1 Å². The molecule has 4 nitrogen and oxygen atoms in total. The molecule has 90 valence electrons. The second-order valence-electron chi connectivity index (χ2n) is 3.49. The number of aromatic nitrogens is 1. The number of benzene rings is 1. The first-order valence-electron chi connectivity index (χ1n) is 5.24. The van der Waals surface area contributed by atoms with E-state index in [1.165, 1.54) is 0 Å². The molecule has 4 heteroatoms. The molecule has 1 N–H and O–H groups in total. The van der Waals surface area contributed by atoms with Gasteiger partial charge in [0.2, 0.25) is 0 Å². The van der Waals surface area contributed by atoms with Gasteiger partial charge in [-0.2, -0.15) is 0 Å². The maximum absolute atomic E-state index is 5.37. The van der Waals surface area contributed by atoms with E-state index in [-0.39, 0.29) is 0 Å². The predicted octanol–water partition coefficient (Wildman–Crippen LogP) is 2.71. The van der Waals surface area contributed by atoms with Crippen LogP contribution in [-0.2, 0) is 0 Å². The van der Waals surface area contributed by atoms with E-state index in [9.17, 15) is 0 Å². The fourth-order valence-electron chi connectivity index (χ4n) is 1.76. The SMILES string of the molecule is COc1cc(OC)c(-c2ccc[nH]2)c(OC)c1. The minimum absolute atomic E-state index is 0.703. The average molecular weight is 233 g/mol. The molecule has 17 heavy (non-hydrogen) atoms. The number of rotatable bonds is 4. The summed E-state index contributed by atoms with van der Waals surface area (Å²) in [5.74, 6) is 2.13. The van der Waals surface area contributed by atoms with Crippen LogP contribution in [0.1, 0.15) is 0 Å². The Morgan fingerprint density at radius 3 is 2.00 bits per heavy atom. The first-order valence-corrected chi connectivity index (χ1v) is 5.24. The Morgan fingerprint density at radius 1 is 0.941 bits per heavy atom. The Bertz CT molecular complexity index is 466. The summed E-state index contributed by atoms with van der Waals surface area (Å²) in [6, 6.07) is 7.56. The highest BCUT2D eigenvalue weighted by molar-refractivity contribution is 5.76. The van der Waals surface area contributed by atoms with E-state index in [4.69, 9.17) is 14.2 Å². The van der Waals surface area contributed by atoms with E-state index in [1.54, 1.807) is 21.3 Å². The third-order valence-corrected chi connectivity index (χ3v) is 2.58. The maximum Gasteiger partial charge on any atom is 0.135 e. The number of H-pyrrole nitrogens is 1. The van der Waals surface area contributed by atoms with Crippen LogP contribution < -0.4 is 14.2 Å². The van der Waals surface area contributed by atoms with Crippen LogP contribution in [0.4, 0.5) is 0 Å². The van der Waals surface area contributed by atoms with Crippen LogP contribution in [0.2, 0.25) is 0 Å². The lowest BCUT2D eigenvalue weighted by molar-refractivity contribution is 0.377. The molecule has 2 aromatic rings. The Labute approximate surface area is 100 Å². The molecule has 0 atom stereocenters. The Morgan fingerprint density at radius 2 is 1.59 bits per heavy atom. The number of hydrogen-bond donors (Lipinski definition) is 1. The molecule has 0 saturated carbocycles. The summed E-state index contributed by atoms with van der Waals surface area (Å²) < 4.78 is 15.9. The van der Waals surface area contributed by atoms with Gasteiger partial charge in [0.25, 0.3) is 0 Å². The van der Waals surface area contributed by atoms with Crippen molar-refractivity contribution in [2.45, 2.75) is 0 Å². The summed E-state index contributed by atoms with van der Waals surface area (Å²) in [7, 11) is 4.86. The lowest BCUT2D eigenvalue weighted by Gasteiger charge is -2.14. The van der Waals surface area contributed by atoms with Crippen molar-refractivity contribution < 1.29 is 14.2 Å². The molecule has 0 amide bonds. The first kappa shape index (κ1) is 11.4. The van der Waals surface area contributed by atoms with Crippen LogP contribution in [0.3, 0.4) is 0 Å². The lowest BCUT2D eigenvalue weighted by atomic mass is 10.1. The van der Waals surface area contributed by atoms with E-state index in [1.807, 2.05) is 30.5 Å². The van der Waals surface area contributed by atoms with E-state index in [0.717, 1.165) is 11.3 Å². The highest BCUT2D eigenvalue weighted by Gasteiger charge is 2.15. The molecule has 0 radical (unpaired) electrons. The van der Waals surface area contributed by atoms with Gasteiger partial charge in [-0.3, -0.25) is 0 Å². The number of nitrogens with one attached hydrogen (secondary N) is 1. The monoisotopic (exact) mass is 233 g/mol. The zero-order valence-corrected chi connectivity index (χ0v) is 10.1. The van der Waals surface area contributed by atoms with Crippen LogP contribution in [0, 0.1) is 0 Å². The fraction of sp³-hybridized carbons (Fsp3) is 0.231. The van der Waals surface area contributed by atoms with Gasteiger partial charge in [0.05, 0.1) is 32.6 Å². The van der Waals surface area contributed by atoms with E-state index in [2.05, 4.69) is 4.98 Å². The summed E-state index contributed by atoms with van der Waals surface area (Å²) in [5, 5.41) is 0. The van der Waals surface area contributed by atoms with E-state index in [0.29, 0.717) is 17.2 Å². The van der Waals surface area contributed by atoms with E-state index < -0.39 is 0 Å². The summed E-state index contributed by atoms with van der Waals surface area (Å²) in [4.78, 5) is 3.14. The highest BCUT2D eigenvalue weighted by atomic mass is 16.5. The lowest BCUT2D eigenvalue weighted by Crippen LogP contribution is -1.95. The molecular weight excluding hydrogens is 218 g/mol. The normalized spacial score (nSPS) is 10.1.